The molecule has 0 spiro atoms. The third-order valence-corrected chi connectivity index (χ3v) is 6.79. The summed E-state index contributed by atoms with van der Waals surface area (Å²) in [5.74, 6) is -0.271. The van der Waals surface area contributed by atoms with Gasteiger partial charge in [0.15, 0.2) is 0 Å². The van der Waals surface area contributed by atoms with Crippen LogP contribution in [0.2, 0.25) is 0 Å². The van der Waals surface area contributed by atoms with Gasteiger partial charge in [0.2, 0.25) is 5.91 Å². The first-order valence-corrected chi connectivity index (χ1v) is 11.5. The average Bonchev–Trinajstić information content (AvgIpc) is 2.83. The largest absolute Gasteiger partial charge is 0.497 e. The summed E-state index contributed by atoms with van der Waals surface area (Å²) >= 11 is 0. The SMILES string of the molecule is COc1ccc(OC)c(N(CC(=O)N[C@H](C)c2ccc(F)cc2)S(=O)(=O)c2ccccc2)c1. The number of rotatable bonds is 9. The standard InChI is InChI=1S/C24H25FN2O5S/c1-17(18-9-11-19(25)12-10-18)26-24(28)16-27(33(29,30)21-7-5-4-6-8-21)22-15-20(31-2)13-14-23(22)32-3/h4-15,17H,16H2,1-3H3,(H,26,28)/t17-/m1/s1. The van der Waals surface area contributed by atoms with Crippen LogP contribution in [0.4, 0.5) is 10.1 Å². The fraction of sp³-hybridized carbons (Fsp3) is 0.208. The molecule has 0 aromatic heterocycles. The number of amides is 1. The van der Waals surface area contributed by atoms with Crippen LogP contribution in [0, 0.1) is 5.82 Å². The number of halogens is 1. The molecule has 0 fully saturated rings. The molecule has 0 radical (unpaired) electrons. The van der Waals surface area contributed by atoms with E-state index >= 15 is 0 Å². The quantitative estimate of drug-likeness (QED) is 0.510. The van der Waals surface area contributed by atoms with Crippen molar-refractivity contribution in [2.24, 2.45) is 0 Å². The summed E-state index contributed by atoms with van der Waals surface area (Å²) in [4.78, 5) is 13.0. The van der Waals surface area contributed by atoms with Crippen molar-refractivity contribution >= 4 is 21.6 Å². The van der Waals surface area contributed by atoms with Crippen molar-refractivity contribution in [1.29, 1.82) is 0 Å². The van der Waals surface area contributed by atoms with Crippen LogP contribution in [0.25, 0.3) is 0 Å². The Kier molecular flexibility index (Phi) is 7.55. The molecule has 0 heterocycles. The van der Waals surface area contributed by atoms with Gasteiger partial charge in [-0.15, -0.1) is 0 Å². The highest BCUT2D eigenvalue weighted by Gasteiger charge is 2.30. The number of anilines is 1. The summed E-state index contributed by atoms with van der Waals surface area (Å²) in [6, 6.07) is 17.8. The van der Waals surface area contributed by atoms with E-state index in [4.69, 9.17) is 9.47 Å². The topological polar surface area (TPSA) is 84.9 Å². The van der Waals surface area contributed by atoms with Gasteiger partial charge in [-0.25, -0.2) is 12.8 Å². The van der Waals surface area contributed by atoms with Gasteiger partial charge >= 0.3 is 0 Å². The van der Waals surface area contributed by atoms with Crippen molar-refractivity contribution in [3.63, 3.8) is 0 Å². The normalized spacial score (nSPS) is 12.0. The predicted octanol–water partition coefficient (Wildman–Crippen LogP) is 3.92. The Labute approximate surface area is 192 Å². The van der Waals surface area contributed by atoms with Crippen molar-refractivity contribution in [2.45, 2.75) is 17.9 Å². The maximum absolute atomic E-state index is 13.5. The van der Waals surface area contributed by atoms with Gasteiger partial charge in [0.25, 0.3) is 10.0 Å². The van der Waals surface area contributed by atoms with Crippen LogP contribution in [0.5, 0.6) is 11.5 Å². The van der Waals surface area contributed by atoms with Crippen molar-refractivity contribution in [1.82, 2.24) is 5.32 Å². The molecule has 3 aromatic carbocycles. The number of carbonyl (C=O) groups excluding carboxylic acids is 1. The van der Waals surface area contributed by atoms with E-state index < -0.39 is 28.5 Å². The number of ether oxygens (including phenoxy) is 2. The molecule has 0 aliphatic heterocycles. The summed E-state index contributed by atoms with van der Waals surface area (Å²) in [5.41, 5.74) is 0.839. The lowest BCUT2D eigenvalue weighted by Crippen LogP contribution is -2.41. The van der Waals surface area contributed by atoms with E-state index in [0.29, 0.717) is 11.3 Å². The molecule has 1 atom stereocenters. The molecule has 174 valence electrons. The minimum atomic E-state index is -4.13. The highest BCUT2D eigenvalue weighted by Crippen LogP contribution is 2.35. The van der Waals surface area contributed by atoms with Crippen molar-refractivity contribution in [2.75, 3.05) is 25.1 Å². The van der Waals surface area contributed by atoms with Crippen molar-refractivity contribution in [3.05, 3.63) is 84.2 Å². The number of carbonyl (C=O) groups is 1. The van der Waals surface area contributed by atoms with Crippen LogP contribution in [-0.4, -0.2) is 35.1 Å². The lowest BCUT2D eigenvalue weighted by atomic mass is 10.1. The summed E-state index contributed by atoms with van der Waals surface area (Å²) in [7, 11) is -1.26. The van der Waals surface area contributed by atoms with Crippen LogP contribution in [0.15, 0.2) is 77.7 Å². The zero-order valence-corrected chi connectivity index (χ0v) is 19.3. The summed E-state index contributed by atoms with van der Waals surface area (Å²) in [6.07, 6.45) is 0. The molecule has 9 heteroatoms. The Balaban J connectivity index is 1.97. The van der Waals surface area contributed by atoms with Crippen LogP contribution >= 0.6 is 0 Å². The summed E-state index contributed by atoms with van der Waals surface area (Å²) < 4.78 is 51.9. The highest BCUT2D eigenvalue weighted by atomic mass is 32.2. The van der Waals surface area contributed by atoms with Crippen molar-refractivity contribution < 1.29 is 27.1 Å². The Morgan fingerprint density at radius 3 is 2.27 bits per heavy atom. The van der Waals surface area contributed by atoms with Gasteiger partial charge in [0.05, 0.1) is 30.8 Å². The van der Waals surface area contributed by atoms with Crippen LogP contribution in [0.3, 0.4) is 0 Å². The second kappa shape index (κ2) is 10.4. The first-order valence-electron chi connectivity index (χ1n) is 10.1. The Morgan fingerprint density at radius 1 is 1.00 bits per heavy atom. The second-order valence-corrected chi connectivity index (χ2v) is 9.07. The first-order chi connectivity index (χ1) is 15.8. The number of nitrogens with zero attached hydrogens (tertiary/aromatic N) is 1. The van der Waals surface area contributed by atoms with E-state index in [1.54, 1.807) is 49.4 Å². The van der Waals surface area contributed by atoms with Crippen LogP contribution in [-0.2, 0) is 14.8 Å². The molecule has 1 amide bonds. The van der Waals surface area contributed by atoms with E-state index in [2.05, 4.69) is 5.32 Å². The molecular weight excluding hydrogens is 447 g/mol. The fourth-order valence-electron chi connectivity index (χ4n) is 3.26. The molecule has 0 unspecified atom stereocenters. The summed E-state index contributed by atoms with van der Waals surface area (Å²) in [6.45, 7) is 1.22. The zero-order chi connectivity index (χ0) is 24.0. The summed E-state index contributed by atoms with van der Waals surface area (Å²) in [5, 5.41) is 2.77. The third-order valence-electron chi connectivity index (χ3n) is 5.02. The van der Waals surface area contributed by atoms with Gasteiger partial charge in [0, 0.05) is 6.07 Å². The third kappa shape index (κ3) is 5.61. The lowest BCUT2D eigenvalue weighted by molar-refractivity contribution is -0.120. The number of nitrogens with one attached hydrogen (secondary N) is 1. The van der Waals surface area contributed by atoms with E-state index in [9.17, 15) is 17.6 Å². The molecule has 0 aliphatic carbocycles. The number of benzene rings is 3. The molecule has 3 rings (SSSR count). The van der Waals surface area contributed by atoms with Gasteiger partial charge in [-0.1, -0.05) is 30.3 Å². The van der Waals surface area contributed by atoms with E-state index in [-0.39, 0.29) is 22.1 Å². The van der Waals surface area contributed by atoms with E-state index in [0.717, 1.165) is 4.31 Å². The number of sulfonamides is 1. The fourth-order valence-corrected chi connectivity index (χ4v) is 4.71. The smallest absolute Gasteiger partial charge is 0.264 e. The van der Waals surface area contributed by atoms with Gasteiger partial charge in [-0.05, 0) is 48.9 Å². The number of hydrogen-bond donors (Lipinski definition) is 1. The maximum atomic E-state index is 13.5. The number of methoxy groups -OCH3 is 2. The van der Waals surface area contributed by atoms with Gasteiger partial charge in [0.1, 0.15) is 23.9 Å². The molecule has 0 saturated heterocycles. The second-order valence-electron chi connectivity index (χ2n) is 7.20. The van der Waals surface area contributed by atoms with Crippen LogP contribution in [0.1, 0.15) is 18.5 Å². The minimum Gasteiger partial charge on any atom is -0.497 e. The molecule has 0 saturated carbocycles. The van der Waals surface area contributed by atoms with E-state index in [1.807, 2.05) is 0 Å². The maximum Gasteiger partial charge on any atom is 0.264 e. The lowest BCUT2D eigenvalue weighted by Gasteiger charge is -2.26. The highest BCUT2D eigenvalue weighted by molar-refractivity contribution is 7.92. The van der Waals surface area contributed by atoms with Gasteiger partial charge < -0.3 is 14.8 Å². The zero-order valence-electron chi connectivity index (χ0n) is 18.5. The molecular formula is C24H25FN2O5S. The molecule has 0 aliphatic rings. The Morgan fingerprint density at radius 2 is 1.67 bits per heavy atom. The number of hydrogen-bond acceptors (Lipinski definition) is 5. The average molecular weight is 473 g/mol. The molecule has 3 aromatic rings. The van der Waals surface area contributed by atoms with Crippen molar-refractivity contribution in [3.8, 4) is 11.5 Å². The van der Waals surface area contributed by atoms with E-state index in [1.165, 1.54) is 44.6 Å². The predicted molar refractivity (Wildman–Crippen MR) is 123 cm³/mol. The van der Waals surface area contributed by atoms with Gasteiger partial charge in [-0.3, -0.25) is 9.10 Å². The minimum absolute atomic E-state index is 0.0225. The monoisotopic (exact) mass is 472 g/mol. The molecule has 33 heavy (non-hydrogen) atoms. The molecule has 0 bridgehead atoms. The van der Waals surface area contributed by atoms with Crippen LogP contribution < -0.4 is 19.1 Å². The molecule has 1 N–H and O–H groups in total. The Hall–Kier alpha value is -3.59. The Bertz CT molecular complexity index is 1200. The molecule has 7 nitrogen and oxygen atoms in total. The first kappa shape index (κ1) is 24.1. The van der Waals surface area contributed by atoms with Gasteiger partial charge in [-0.2, -0.15) is 0 Å².